The molecule has 1 N–H and O–H groups in total. The van der Waals surface area contributed by atoms with E-state index in [0.29, 0.717) is 29.9 Å². The predicted octanol–water partition coefficient (Wildman–Crippen LogP) is 1.92. The van der Waals surface area contributed by atoms with Crippen LogP contribution in [0.4, 0.5) is 20.6 Å². The Hall–Kier alpha value is -1.47. The van der Waals surface area contributed by atoms with E-state index >= 15 is 0 Å². The molecular weight excluding hydrogens is 317 g/mol. The number of hydrogen-bond donors (Lipinski definition) is 1. The molecule has 0 saturated carbocycles. The van der Waals surface area contributed by atoms with Crippen LogP contribution in [-0.2, 0) is 4.74 Å². The number of hydrogen-bond acceptors (Lipinski definition) is 5. The van der Waals surface area contributed by atoms with E-state index in [0.717, 1.165) is 13.1 Å². The lowest BCUT2D eigenvalue weighted by atomic mass is 9.82. The van der Waals surface area contributed by atoms with E-state index in [4.69, 9.17) is 4.74 Å². The molecule has 3 saturated heterocycles. The minimum absolute atomic E-state index is 0.193. The summed E-state index contributed by atoms with van der Waals surface area (Å²) in [5.74, 6) is 2.11. The quantitative estimate of drug-likeness (QED) is 0.909. The second kappa shape index (κ2) is 5.56. The Morgan fingerprint density at radius 1 is 1.43 bits per heavy atom. The summed E-state index contributed by atoms with van der Waals surface area (Å²) in [4.78, 5) is 15.5. The van der Waals surface area contributed by atoms with Gasteiger partial charge in [-0.05, 0) is 25.2 Å². The van der Waals surface area contributed by atoms with Gasteiger partial charge in [0.15, 0.2) is 0 Å². The second-order valence-electron chi connectivity index (χ2n) is 6.66. The fourth-order valence-electron chi connectivity index (χ4n) is 3.49. The molecule has 1 aromatic carbocycles. The molecule has 1 aromatic rings. The highest BCUT2D eigenvalue weighted by atomic mass is 32.2. The zero-order valence-corrected chi connectivity index (χ0v) is 13.9. The van der Waals surface area contributed by atoms with Crippen molar-refractivity contribution in [2.75, 3.05) is 54.5 Å². The van der Waals surface area contributed by atoms with Crippen molar-refractivity contribution in [1.29, 1.82) is 0 Å². The summed E-state index contributed by atoms with van der Waals surface area (Å²) in [5, 5.41) is 2.99. The average Bonchev–Trinajstić information content (AvgIpc) is 2.78. The van der Waals surface area contributed by atoms with Gasteiger partial charge in [0.25, 0.3) is 0 Å². The minimum atomic E-state index is -0.410. The number of rotatable bonds is 4. The molecular formula is C16H20FN3O2S. The Labute approximate surface area is 139 Å². The maximum absolute atomic E-state index is 14.5. The normalized spacial score (nSPS) is 25.3. The van der Waals surface area contributed by atoms with Crippen LogP contribution >= 0.6 is 11.8 Å². The van der Waals surface area contributed by atoms with Crippen LogP contribution < -0.4 is 15.1 Å². The fourth-order valence-corrected chi connectivity index (χ4v) is 4.64. The zero-order valence-electron chi connectivity index (χ0n) is 13.0. The Bertz CT molecular complexity index is 630. The second-order valence-corrected chi connectivity index (χ2v) is 7.64. The van der Waals surface area contributed by atoms with E-state index < -0.39 is 6.09 Å². The number of ether oxygens (including phenoxy) is 1. The van der Waals surface area contributed by atoms with Crippen LogP contribution in [0.5, 0.6) is 0 Å². The van der Waals surface area contributed by atoms with Crippen molar-refractivity contribution in [2.45, 2.75) is 6.10 Å². The van der Waals surface area contributed by atoms with Crippen LogP contribution in [-0.4, -0.2) is 56.9 Å². The van der Waals surface area contributed by atoms with E-state index in [1.807, 2.05) is 24.9 Å². The third kappa shape index (κ3) is 2.55. The number of nitrogens with one attached hydrogen (secondary N) is 1. The van der Waals surface area contributed by atoms with Crippen molar-refractivity contribution in [2.24, 2.45) is 5.41 Å². The van der Waals surface area contributed by atoms with Gasteiger partial charge in [0.1, 0.15) is 11.9 Å². The number of carbonyl (C=O) groups excluding carboxylic acids is 1. The summed E-state index contributed by atoms with van der Waals surface area (Å²) in [5.41, 5.74) is 1.62. The van der Waals surface area contributed by atoms with Crippen molar-refractivity contribution in [3.05, 3.63) is 24.0 Å². The number of anilines is 2. The van der Waals surface area contributed by atoms with E-state index in [9.17, 15) is 9.18 Å². The molecule has 0 aromatic heterocycles. The standard InChI is InChI=1S/C16H20FN3O2S/c1-18-5-12-6-20(15(21)22-12)11-2-3-14(13(17)4-11)19-7-16(8-19)9-23-10-16/h2-4,12,18H,5-10H2,1H3. The average molecular weight is 337 g/mol. The lowest BCUT2D eigenvalue weighted by molar-refractivity contribution is 0.141. The summed E-state index contributed by atoms with van der Waals surface area (Å²) in [6.07, 6.45) is -0.603. The van der Waals surface area contributed by atoms with Crippen LogP contribution in [0.15, 0.2) is 18.2 Å². The number of carbonyl (C=O) groups is 1. The maximum atomic E-state index is 14.5. The minimum Gasteiger partial charge on any atom is -0.443 e. The molecule has 1 unspecified atom stereocenters. The SMILES string of the molecule is CNCC1CN(c2ccc(N3CC4(CSC4)C3)c(F)c2)C(=O)O1. The predicted molar refractivity (Wildman–Crippen MR) is 89.9 cm³/mol. The van der Waals surface area contributed by atoms with Crippen molar-refractivity contribution >= 4 is 29.2 Å². The molecule has 3 fully saturated rings. The molecule has 1 amide bonds. The van der Waals surface area contributed by atoms with Crippen molar-refractivity contribution < 1.29 is 13.9 Å². The van der Waals surface area contributed by atoms with Crippen LogP contribution in [0.3, 0.4) is 0 Å². The number of likely N-dealkylation sites (N-methyl/N-ethyl adjacent to an activating group) is 1. The number of amides is 1. The van der Waals surface area contributed by atoms with Gasteiger partial charge in [0, 0.05) is 36.6 Å². The number of halogens is 1. The molecule has 4 rings (SSSR count). The van der Waals surface area contributed by atoms with E-state index in [1.54, 1.807) is 6.07 Å². The molecule has 7 heteroatoms. The molecule has 3 heterocycles. The van der Waals surface area contributed by atoms with E-state index in [2.05, 4.69) is 10.2 Å². The first-order valence-electron chi connectivity index (χ1n) is 7.85. The van der Waals surface area contributed by atoms with Gasteiger partial charge in [-0.1, -0.05) is 0 Å². The summed E-state index contributed by atoms with van der Waals surface area (Å²) >= 11 is 1.96. The lowest BCUT2D eigenvalue weighted by Crippen LogP contribution is -2.63. The number of thioether (sulfide) groups is 1. The van der Waals surface area contributed by atoms with Gasteiger partial charge in [-0.25, -0.2) is 9.18 Å². The maximum Gasteiger partial charge on any atom is 0.414 e. The first kappa shape index (κ1) is 15.1. The molecule has 124 valence electrons. The topological polar surface area (TPSA) is 44.8 Å². The van der Waals surface area contributed by atoms with Gasteiger partial charge in [0.05, 0.1) is 17.9 Å². The highest BCUT2D eigenvalue weighted by Gasteiger charge is 2.48. The molecule has 3 aliphatic heterocycles. The third-order valence-corrected chi connectivity index (χ3v) is 6.39. The fraction of sp³-hybridized carbons (Fsp3) is 0.562. The monoisotopic (exact) mass is 337 g/mol. The largest absolute Gasteiger partial charge is 0.443 e. The molecule has 0 bridgehead atoms. The first-order chi connectivity index (χ1) is 11.1. The first-order valence-corrected chi connectivity index (χ1v) is 9.01. The molecule has 1 atom stereocenters. The summed E-state index contributed by atoms with van der Waals surface area (Å²) in [6, 6.07) is 5.03. The van der Waals surface area contributed by atoms with Crippen LogP contribution in [0.25, 0.3) is 0 Å². The van der Waals surface area contributed by atoms with Crippen molar-refractivity contribution in [1.82, 2.24) is 5.32 Å². The third-order valence-electron chi connectivity index (χ3n) is 4.76. The van der Waals surface area contributed by atoms with Gasteiger partial charge >= 0.3 is 6.09 Å². The highest BCUT2D eigenvalue weighted by molar-refractivity contribution is 8.00. The van der Waals surface area contributed by atoms with Crippen molar-refractivity contribution in [3.8, 4) is 0 Å². The Balaban J connectivity index is 1.47. The van der Waals surface area contributed by atoms with E-state index in [1.165, 1.54) is 22.5 Å². The Morgan fingerprint density at radius 3 is 2.83 bits per heavy atom. The zero-order chi connectivity index (χ0) is 16.0. The van der Waals surface area contributed by atoms with Gasteiger partial charge in [0.2, 0.25) is 0 Å². The molecule has 5 nitrogen and oxygen atoms in total. The highest BCUT2D eigenvalue weighted by Crippen LogP contribution is 2.47. The van der Waals surface area contributed by atoms with Gasteiger partial charge in [-0.3, -0.25) is 4.90 Å². The van der Waals surface area contributed by atoms with Gasteiger partial charge < -0.3 is 15.0 Å². The van der Waals surface area contributed by atoms with Crippen LogP contribution in [0.1, 0.15) is 0 Å². The lowest BCUT2D eigenvalue weighted by Gasteiger charge is -2.56. The van der Waals surface area contributed by atoms with Crippen molar-refractivity contribution in [3.63, 3.8) is 0 Å². The molecule has 0 aliphatic carbocycles. The van der Waals surface area contributed by atoms with Gasteiger partial charge in [-0.2, -0.15) is 11.8 Å². The van der Waals surface area contributed by atoms with Crippen LogP contribution in [0.2, 0.25) is 0 Å². The summed E-state index contributed by atoms with van der Waals surface area (Å²) in [7, 11) is 1.81. The Kier molecular flexibility index (Phi) is 3.65. The molecule has 0 radical (unpaired) electrons. The summed E-state index contributed by atoms with van der Waals surface area (Å²) in [6.45, 7) is 2.91. The Morgan fingerprint density at radius 2 is 2.22 bits per heavy atom. The number of benzene rings is 1. The van der Waals surface area contributed by atoms with E-state index in [-0.39, 0.29) is 11.9 Å². The smallest absolute Gasteiger partial charge is 0.414 e. The van der Waals surface area contributed by atoms with Gasteiger partial charge in [-0.15, -0.1) is 0 Å². The molecule has 23 heavy (non-hydrogen) atoms. The number of nitrogens with zero attached hydrogens (tertiary/aromatic N) is 2. The van der Waals surface area contributed by atoms with Crippen LogP contribution in [0, 0.1) is 11.2 Å². The summed E-state index contributed by atoms with van der Waals surface area (Å²) < 4.78 is 19.7. The molecule has 1 spiro atoms. The number of cyclic esters (lactones) is 1. The molecule has 3 aliphatic rings.